The molecule has 2 aromatic carbocycles. The topological polar surface area (TPSA) is 45.2 Å². The van der Waals surface area contributed by atoms with E-state index in [4.69, 9.17) is 4.98 Å². The zero-order chi connectivity index (χ0) is 20.8. The Hall–Kier alpha value is -2.72. The number of hydrogen-bond acceptors (Lipinski definition) is 3. The van der Waals surface area contributed by atoms with Gasteiger partial charge in [-0.15, -0.1) is 0 Å². The van der Waals surface area contributed by atoms with Crippen molar-refractivity contribution in [3.8, 4) is 11.3 Å². The molecule has 3 aromatic rings. The molecule has 1 aromatic heterocycles. The number of hydrogen-bond donors (Lipinski definition) is 1. The van der Waals surface area contributed by atoms with Crippen LogP contribution in [-0.4, -0.2) is 41.5 Å². The lowest BCUT2D eigenvalue weighted by atomic mass is 9.98. The van der Waals surface area contributed by atoms with Gasteiger partial charge >= 0.3 is 0 Å². The number of aromatic nitrogens is 1. The van der Waals surface area contributed by atoms with Crippen molar-refractivity contribution in [1.82, 2.24) is 15.2 Å². The van der Waals surface area contributed by atoms with Crippen LogP contribution in [0.15, 0.2) is 54.7 Å². The van der Waals surface area contributed by atoms with Crippen LogP contribution in [0.4, 0.5) is 0 Å². The van der Waals surface area contributed by atoms with E-state index in [1.54, 1.807) is 6.20 Å². The molecule has 0 saturated heterocycles. The van der Waals surface area contributed by atoms with Gasteiger partial charge in [0.05, 0.1) is 11.3 Å². The molecule has 0 aliphatic carbocycles. The number of amides is 1. The van der Waals surface area contributed by atoms with Gasteiger partial charge < -0.3 is 10.2 Å². The first-order valence-electron chi connectivity index (χ1n) is 10.5. The van der Waals surface area contributed by atoms with Gasteiger partial charge in [0, 0.05) is 29.7 Å². The zero-order valence-electron chi connectivity index (χ0n) is 17.9. The highest BCUT2D eigenvalue weighted by molar-refractivity contribution is 6.10. The molecule has 0 radical (unpaired) electrons. The zero-order valence-corrected chi connectivity index (χ0v) is 17.9. The fourth-order valence-corrected chi connectivity index (χ4v) is 3.72. The average Bonchev–Trinajstić information content (AvgIpc) is 2.74. The van der Waals surface area contributed by atoms with Crippen LogP contribution >= 0.6 is 0 Å². The summed E-state index contributed by atoms with van der Waals surface area (Å²) in [6.45, 7) is 11.5. The number of rotatable bonds is 8. The molecular formula is C25H31N3O. The normalized spacial score (nSPS) is 12.3. The second-order valence-electron chi connectivity index (χ2n) is 7.57. The molecule has 1 unspecified atom stereocenters. The molecule has 1 amide bonds. The van der Waals surface area contributed by atoms with Gasteiger partial charge in [-0.1, -0.05) is 62.4 Å². The predicted molar refractivity (Wildman–Crippen MR) is 121 cm³/mol. The maximum Gasteiger partial charge on any atom is 0.253 e. The number of nitrogens with zero attached hydrogens (tertiary/aromatic N) is 2. The van der Waals surface area contributed by atoms with Crippen LogP contribution in [0.25, 0.3) is 22.0 Å². The summed E-state index contributed by atoms with van der Waals surface area (Å²) < 4.78 is 0. The van der Waals surface area contributed by atoms with Gasteiger partial charge in [-0.3, -0.25) is 9.78 Å². The highest BCUT2D eigenvalue weighted by atomic mass is 16.1. The van der Waals surface area contributed by atoms with E-state index in [0.29, 0.717) is 5.56 Å². The Kier molecular flexibility index (Phi) is 6.99. The molecule has 152 valence electrons. The van der Waals surface area contributed by atoms with Crippen molar-refractivity contribution >= 4 is 16.7 Å². The minimum absolute atomic E-state index is 0.0583. The summed E-state index contributed by atoms with van der Waals surface area (Å²) in [6, 6.07) is 16.4. The first-order valence-corrected chi connectivity index (χ1v) is 10.5. The minimum atomic E-state index is -0.0583. The fourth-order valence-electron chi connectivity index (χ4n) is 3.72. The van der Waals surface area contributed by atoms with Gasteiger partial charge in [-0.2, -0.15) is 0 Å². The lowest BCUT2D eigenvalue weighted by molar-refractivity contribution is 0.0937. The molecule has 0 bridgehead atoms. The Balaban J connectivity index is 1.86. The van der Waals surface area contributed by atoms with E-state index in [9.17, 15) is 4.79 Å². The lowest BCUT2D eigenvalue weighted by Gasteiger charge is -2.21. The van der Waals surface area contributed by atoms with Crippen molar-refractivity contribution in [3.05, 3.63) is 65.9 Å². The average molecular weight is 390 g/mol. The maximum atomic E-state index is 13.0. The standard InChI is InChI=1S/C25H31N3O/c1-5-28(6-2)16-15-19(4)27-25(29)23-17-26-24(20-12-8-7-11-18(20)3)22-14-10-9-13-21(22)23/h7-14,17,19H,5-6,15-16H2,1-4H3,(H,27,29). The summed E-state index contributed by atoms with van der Waals surface area (Å²) in [6.07, 6.45) is 2.65. The lowest BCUT2D eigenvalue weighted by Crippen LogP contribution is -2.36. The molecular weight excluding hydrogens is 358 g/mol. The molecule has 1 N–H and O–H groups in total. The van der Waals surface area contributed by atoms with E-state index in [1.165, 1.54) is 5.56 Å². The van der Waals surface area contributed by atoms with Gasteiger partial charge in [0.15, 0.2) is 0 Å². The van der Waals surface area contributed by atoms with E-state index in [-0.39, 0.29) is 11.9 Å². The molecule has 1 heterocycles. The van der Waals surface area contributed by atoms with Crippen molar-refractivity contribution < 1.29 is 4.79 Å². The summed E-state index contributed by atoms with van der Waals surface area (Å²) in [5.74, 6) is -0.0583. The van der Waals surface area contributed by atoms with Gasteiger partial charge in [0.1, 0.15) is 0 Å². The number of fused-ring (bicyclic) bond motifs is 1. The SMILES string of the molecule is CCN(CC)CCC(C)NC(=O)c1cnc(-c2ccccc2C)c2ccccc12. The third-order valence-electron chi connectivity index (χ3n) is 5.59. The Morgan fingerprint density at radius 1 is 1.03 bits per heavy atom. The van der Waals surface area contributed by atoms with Gasteiger partial charge in [-0.25, -0.2) is 0 Å². The van der Waals surface area contributed by atoms with Crippen LogP contribution in [0.3, 0.4) is 0 Å². The quantitative estimate of drug-likeness (QED) is 0.586. The fraction of sp³-hybridized carbons (Fsp3) is 0.360. The largest absolute Gasteiger partial charge is 0.349 e. The maximum absolute atomic E-state index is 13.0. The van der Waals surface area contributed by atoms with Crippen molar-refractivity contribution in [3.63, 3.8) is 0 Å². The second kappa shape index (κ2) is 9.66. The van der Waals surface area contributed by atoms with Crippen molar-refractivity contribution in [2.24, 2.45) is 0 Å². The van der Waals surface area contributed by atoms with Crippen LogP contribution in [-0.2, 0) is 0 Å². The molecule has 4 heteroatoms. The smallest absolute Gasteiger partial charge is 0.253 e. The van der Waals surface area contributed by atoms with Crippen LogP contribution in [0.2, 0.25) is 0 Å². The summed E-state index contributed by atoms with van der Waals surface area (Å²) in [7, 11) is 0. The second-order valence-corrected chi connectivity index (χ2v) is 7.57. The monoisotopic (exact) mass is 389 g/mol. The van der Waals surface area contributed by atoms with E-state index >= 15 is 0 Å². The third-order valence-corrected chi connectivity index (χ3v) is 5.59. The number of pyridine rings is 1. The molecule has 29 heavy (non-hydrogen) atoms. The van der Waals surface area contributed by atoms with Crippen molar-refractivity contribution in [1.29, 1.82) is 0 Å². The van der Waals surface area contributed by atoms with Crippen LogP contribution in [0.5, 0.6) is 0 Å². The van der Waals surface area contributed by atoms with Crippen molar-refractivity contribution in [2.75, 3.05) is 19.6 Å². The Labute approximate surface area is 174 Å². The Morgan fingerprint density at radius 3 is 2.38 bits per heavy atom. The van der Waals surface area contributed by atoms with Gasteiger partial charge in [-0.05, 0) is 44.3 Å². The molecule has 0 aliphatic rings. The molecule has 3 rings (SSSR count). The van der Waals surface area contributed by atoms with E-state index in [0.717, 1.165) is 48.1 Å². The molecule has 0 spiro atoms. The first-order chi connectivity index (χ1) is 14.0. The van der Waals surface area contributed by atoms with E-state index < -0.39 is 0 Å². The van der Waals surface area contributed by atoms with Gasteiger partial charge in [0.2, 0.25) is 0 Å². The summed E-state index contributed by atoms with van der Waals surface area (Å²) in [4.78, 5) is 20.1. The van der Waals surface area contributed by atoms with Crippen LogP contribution in [0.1, 0.15) is 43.1 Å². The molecule has 0 fully saturated rings. The summed E-state index contributed by atoms with van der Waals surface area (Å²) in [5, 5.41) is 5.10. The Bertz CT molecular complexity index is 979. The highest BCUT2D eigenvalue weighted by Crippen LogP contribution is 2.30. The number of benzene rings is 2. The van der Waals surface area contributed by atoms with Crippen LogP contribution in [0, 0.1) is 6.92 Å². The Morgan fingerprint density at radius 2 is 1.69 bits per heavy atom. The summed E-state index contributed by atoms with van der Waals surface area (Å²) in [5.41, 5.74) is 3.83. The number of carbonyl (C=O) groups excluding carboxylic acids is 1. The van der Waals surface area contributed by atoms with Crippen LogP contribution < -0.4 is 5.32 Å². The van der Waals surface area contributed by atoms with Gasteiger partial charge in [0.25, 0.3) is 5.91 Å². The molecule has 4 nitrogen and oxygen atoms in total. The third kappa shape index (κ3) is 4.83. The molecule has 1 atom stereocenters. The predicted octanol–water partition coefficient (Wildman–Crippen LogP) is 5.06. The molecule has 0 saturated carbocycles. The van der Waals surface area contributed by atoms with E-state index in [2.05, 4.69) is 50.0 Å². The summed E-state index contributed by atoms with van der Waals surface area (Å²) >= 11 is 0. The highest BCUT2D eigenvalue weighted by Gasteiger charge is 2.17. The minimum Gasteiger partial charge on any atom is -0.349 e. The molecule has 0 aliphatic heterocycles. The van der Waals surface area contributed by atoms with Crippen molar-refractivity contribution in [2.45, 2.75) is 40.2 Å². The number of aryl methyl sites for hydroxylation is 1. The number of carbonyl (C=O) groups is 1. The first kappa shape index (κ1) is 21.0. The number of nitrogens with one attached hydrogen (secondary N) is 1. The van der Waals surface area contributed by atoms with E-state index in [1.807, 2.05) is 36.4 Å².